The molecule has 1 saturated heterocycles. The third-order valence-electron chi connectivity index (χ3n) is 4.00. The Hall–Kier alpha value is -2.08. The molecular weight excluding hydrogens is 268 g/mol. The van der Waals surface area contributed by atoms with Crippen LogP contribution in [0.1, 0.15) is 6.42 Å². The number of anilines is 1. The number of nitrogens with zero attached hydrogens (tertiary/aromatic N) is 3. The maximum Gasteiger partial charge on any atom is 0.162 e. The highest BCUT2D eigenvalue weighted by Crippen LogP contribution is 2.37. The fourth-order valence-corrected chi connectivity index (χ4v) is 2.81. The molecule has 6 heteroatoms. The van der Waals surface area contributed by atoms with Crippen LogP contribution < -0.4 is 20.1 Å². The molecule has 0 radical (unpaired) electrons. The van der Waals surface area contributed by atoms with Gasteiger partial charge in [-0.1, -0.05) is 0 Å². The standard InChI is InChI=1S/C15H20N4O2/c1-20-14-5-11-12(6-15(14)21-2)18-17-7-13(11)19-8-10(9-19)3-4-16/h5-7,10H,3-4,8-9,16H2,1-2H3. The van der Waals surface area contributed by atoms with Crippen molar-refractivity contribution in [2.45, 2.75) is 6.42 Å². The second-order valence-electron chi connectivity index (χ2n) is 5.30. The Kier molecular flexibility index (Phi) is 3.79. The number of hydrogen-bond acceptors (Lipinski definition) is 6. The monoisotopic (exact) mass is 288 g/mol. The van der Waals surface area contributed by atoms with E-state index in [2.05, 4.69) is 15.1 Å². The van der Waals surface area contributed by atoms with Gasteiger partial charge in [-0.05, 0) is 24.9 Å². The van der Waals surface area contributed by atoms with Crippen molar-refractivity contribution in [2.24, 2.45) is 11.7 Å². The molecule has 1 aromatic carbocycles. The molecule has 2 N–H and O–H groups in total. The maximum atomic E-state index is 5.61. The van der Waals surface area contributed by atoms with Crippen molar-refractivity contribution in [3.05, 3.63) is 18.3 Å². The van der Waals surface area contributed by atoms with E-state index in [0.29, 0.717) is 17.4 Å². The van der Waals surface area contributed by atoms with Crippen molar-refractivity contribution < 1.29 is 9.47 Å². The molecule has 0 spiro atoms. The average Bonchev–Trinajstić information content (AvgIpc) is 2.48. The van der Waals surface area contributed by atoms with Crippen LogP contribution in [0.5, 0.6) is 11.5 Å². The van der Waals surface area contributed by atoms with E-state index in [4.69, 9.17) is 15.2 Å². The normalized spacial score (nSPS) is 15.1. The third-order valence-corrected chi connectivity index (χ3v) is 4.00. The summed E-state index contributed by atoms with van der Waals surface area (Å²) in [6, 6.07) is 3.83. The number of fused-ring (bicyclic) bond motifs is 1. The van der Waals surface area contributed by atoms with Crippen LogP contribution in [0, 0.1) is 5.92 Å². The number of hydrogen-bond donors (Lipinski definition) is 1. The van der Waals surface area contributed by atoms with E-state index in [0.717, 1.165) is 42.6 Å². The molecule has 0 atom stereocenters. The van der Waals surface area contributed by atoms with Crippen LogP contribution in [0.15, 0.2) is 18.3 Å². The summed E-state index contributed by atoms with van der Waals surface area (Å²) in [4.78, 5) is 2.31. The first-order valence-electron chi connectivity index (χ1n) is 7.09. The molecule has 1 aromatic heterocycles. The lowest BCUT2D eigenvalue weighted by molar-refractivity contribution is 0.355. The van der Waals surface area contributed by atoms with Crippen LogP contribution in [-0.2, 0) is 0 Å². The van der Waals surface area contributed by atoms with Gasteiger partial charge in [0.25, 0.3) is 0 Å². The van der Waals surface area contributed by atoms with Crippen LogP contribution in [0.3, 0.4) is 0 Å². The molecule has 2 heterocycles. The van der Waals surface area contributed by atoms with Gasteiger partial charge in [0.1, 0.15) is 0 Å². The van der Waals surface area contributed by atoms with Crippen LogP contribution in [-0.4, -0.2) is 44.1 Å². The Morgan fingerprint density at radius 1 is 1.24 bits per heavy atom. The van der Waals surface area contributed by atoms with E-state index in [9.17, 15) is 0 Å². The van der Waals surface area contributed by atoms with Crippen LogP contribution in [0.2, 0.25) is 0 Å². The minimum Gasteiger partial charge on any atom is -0.493 e. The first-order valence-corrected chi connectivity index (χ1v) is 7.09. The van der Waals surface area contributed by atoms with E-state index in [1.54, 1.807) is 14.2 Å². The van der Waals surface area contributed by atoms with E-state index in [1.807, 2.05) is 18.3 Å². The zero-order chi connectivity index (χ0) is 14.8. The lowest BCUT2D eigenvalue weighted by Gasteiger charge is -2.41. The summed E-state index contributed by atoms with van der Waals surface area (Å²) in [6.07, 6.45) is 2.89. The van der Waals surface area contributed by atoms with Gasteiger partial charge in [-0.2, -0.15) is 10.2 Å². The summed E-state index contributed by atoms with van der Waals surface area (Å²) in [5, 5.41) is 9.33. The Bertz CT molecular complexity index is 641. The van der Waals surface area contributed by atoms with Gasteiger partial charge in [-0.15, -0.1) is 0 Å². The van der Waals surface area contributed by atoms with E-state index < -0.39 is 0 Å². The van der Waals surface area contributed by atoms with Crippen molar-refractivity contribution >= 4 is 16.6 Å². The average molecular weight is 288 g/mol. The summed E-state index contributed by atoms with van der Waals surface area (Å²) in [5.74, 6) is 2.05. The van der Waals surface area contributed by atoms with Crippen molar-refractivity contribution in [3.8, 4) is 11.5 Å². The van der Waals surface area contributed by atoms with Crippen molar-refractivity contribution in [2.75, 3.05) is 38.8 Å². The zero-order valence-electron chi connectivity index (χ0n) is 12.4. The highest BCUT2D eigenvalue weighted by molar-refractivity contribution is 5.93. The lowest BCUT2D eigenvalue weighted by atomic mass is 9.95. The van der Waals surface area contributed by atoms with Crippen LogP contribution in [0.4, 0.5) is 5.69 Å². The highest BCUT2D eigenvalue weighted by atomic mass is 16.5. The molecule has 2 aromatic rings. The van der Waals surface area contributed by atoms with Crippen molar-refractivity contribution in [1.29, 1.82) is 0 Å². The molecule has 112 valence electrons. The molecule has 0 bridgehead atoms. The Morgan fingerprint density at radius 2 is 1.95 bits per heavy atom. The van der Waals surface area contributed by atoms with Gasteiger partial charge in [0.05, 0.1) is 31.6 Å². The highest BCUT2D eigenvalue weighted by Gasteiger charge is 2.28. The van der Waals surface area contributed by atoms with Gasteiger partial charge in [-0.25, -0.2) is 0 Å². The molecule has 21 heavy (non-hydrogen) atoms. The summed E-state index contributed by atoms with van der Waals surface area (Å²) in [7, 11) is 3.26. The predicted octanol–water partition coefficient (Wildman–Crippen LogP) is 1.43. The second kappa shape index (κ2) is 5.73. The molecule has 0 unspecified atom stereocenters. The molecule has 1 aliphatic rings. The molecule has 1 fully saturated rings. The number of benzene rings is 1. The van der Waals surface area contributed by atoms with Gasteiger partial charge < -0.3 is 20.1 Å². The summed E-state index contributed by atoms with van der Waals surface area (Å²) in [6.45, 7) is 2.79. The quantitative estimate of drug-likeness (QED) is 0.897. The molecule has 6 nitrogen and oxygen atoms in total. The Labute approximate surface area is 123 Å². The molecule has 1 aliphatic heterocycles. The third kappa shape index (κ3) is 2.47. The second-order valence-corrected chi connectivity index (χ2v) is 5.30. The van der Waals surface area contributed by atoms with Gasteiger partial charge >= 0.3 is 0 Å². The van der Waals surface area contributed by atoms with Gasteiger partial charge in [0.2, 0.25) is 0 Å². The fraction of sp³-hybridized carbons (Fsp3) is 0.467. The number of nitrogens with two attached hydrogens (primary N) is 1. The Morgan fingerprint density at radius 3 is 2.62 bits per heavy atom. The first kappa shape index (κ1) is 13.9. The molecule has 0 saturated carbocycles. The zero-order valence-corrected chi connectivity index (χ0v) is 12.4. The number of aromatic nitrogens is 2. The summed E-state index contributed by atoms with van der Waals surface area (Å²) >= 11 is 0. The van der Waals surface area contributed by atoms with Crippen molar-refractivity contribution in [3.63, 3.8) is 0 Å². The molecule has 0 aliphatic carbocycles. The topological polar surface area (TPSA) is 73.5 Å². The van der Waals surface area contributed by atoms with E-state index >= 15 is 0 Å². The minimum absolute atomic E-state index is 0.668. The lowest BCUT2D eigenvalue weighted by Crippen LogP contribution is -2.47. The summed E-state index contributed by atoms with van der Waals surface area (Å²) in [5.41, 5.74) is 7.52. The minimum atomic E-state index is 0.668. The fourth-order valence-electron chi connectivity index (χ4n) is 2.81. The molecular formula is C15H20N4O2. The SMILES string of the molecule is COc1cc2nncc(N3CC(CCN)C3)c2cc1OC. The predicted molar refractivity (Wildman–Crippen MR) is 82.0 cm³/mol. The van der Waals surface area contributed by atoms with Crippen LogP contribution >= 0.6 is 0 Å². The first-order chi connectivity index (χ1) is 10.3. The van der Waals surface area contributed by atoms with E-state index in [-0.39, 0.29) is 0 Å². The number of ether oxygens (including phenoxy) is 2. The van der Waals surface area contributed by atoms with Crippen molar-refractivity contribution in [1.82, 2.24) is 10.2 Å². The number of methoxy groups -OCH3 is 2. The van der Waals surface area contributed by atoms with E-state index in [1.165, 1.54) is 0 Å². The van der Waals surface area contributed by atoms with Gasteiger partial charge in [0.15, 0.2) is 11.5 Å². The van der Waals surface area contributed by atoms with Gasteiger partial charge in [-0.3, -0.25) is 0 Å². The smallest absolute Gasteiger partial charge is 0.162 e. The van der Waals surface area contributed by atoms with Gasteiger partial charge in [0, 0.05) is 24.5 Å². The maximum absolute atomic E-state index is 5.61. The summed E-state index contributed by atoms with van der Waals surface area (Å²) < 4.78 is 10.7. The largest absolute Gasteiger partial charge is 0.493 e. The number of rotatable bonds is 5. The molecule has 3 rings (SSSR count). The molecule has 0 amide bonds. The Balaban J connectivity index is 1.96. The van der Waals surface area contributed by atoms with Crippen LogP contribution in [0.25, 0.3) is 10.9 Å².